The summed E-state index contributed by atoms with van der Waals surface area (Å²) in [4.78, 5) is 34.7. The molecule has 0 aromatic heterocycles. The van der Waals surface area contributed by atoms with Crippen molar-refractivity contribution in [3.05, 3.63) is 53.1 Å². The Morgan fingerprint density at radius 1 is 1.19 bits per heavy atom. The number of carbonyl (C=O) groups excluding carboxylic acids is 3. The highest BCUT2D eigenvalue weighted by molar-refractivity contribution is 6.31. The summed E-state index contributed by atoms with van der Waals surface area (Å²) in [6.45, 7) is 1.06. The first-order valence-corrected chi connectivity index (χ1v) is 8.32. The van der Waals surface area contributed by atoms with Crippen molar-refractivity contribution < 1.29 is 28.6 Å². The standard InChI is InChI=1S/C19H18ClNO6/c1-12(19(24)21-16-9-14(20)5-8-17(16)25-2)27-18(23)11-26-15-6-3-13(10-22)4-7-15/h3-10,12H,11H2,1-2H3,(H,21,24)/t12-/m0/s1. The maximum atomic E-state index is 12.2. The Balaban J connectivity index is 1.86. The topological polar surface area (TPSA) is 90.9 Å². The van der Waals surface area contributed by atoms with Crippen LogP contribution in [0.2, 0.25) is 5.02 Å². The number of benzene rings is 2. The van der Waals surface area contributed by atoms with Gasteiger partial charge in [0.2, 0.25) is 0 Å². The van der Waals surface area contributed by atoms with Gasteiger partial charge in [-0.05, 0) is 49.4 Å². The van der Waals surface area contributed by atoms with E-state index in [1.165, 1.54) is 20.1 Å². The minimum Gasteiger partial charge on any atom is -0.495 e. The predicted octanol–water partition coefficient (Wildman–Crippen LogP) is 3.11. The number of rotatable bonds is 8. The van der Waals surface area contributed by atoms with Crippen LogP contribution in [0.15, 0.2) is 42.5 Å². The third kappa shape index (κ3) is 6.00. The number of esters is 1. The normalized spacial score (nSPS) is 11.2. The summed E-state index contributed by atoms with van der Waals surface area (Å²) in [5.41, 5.74) is 0.857. The van der Waals surface area contributed by atoms with Crippen LogP contribution >= 0.6 is 11.6 Å². The van der Waals surface area contributed by atoms with Gasteiger partial charge in [-0.2, -0.15) is 0 Å². The lowest BCUT2D eigenvalue weighted by Crippen LogP contribution is -2.31. The van der Waals surface area contributed by atoms with Gasteiger partial charge in [0.25, 0.3) is 5.91 Å². The number of amides is 1. The molecule has 2 aromatic carbocycles. The molecular weight excluding hydrogens is 374 g/mol. The average molecular weight is 392 g/mol. The van der Waals surface area contributed by atoms with Crippen molar-refractivity contribution in [1.82, 2.24) is 0 Å². The molecule has 1 atom stereocenters. The van der Waals surface area contributed by atoms with Crippen LogP contribution in [-0.4, -0.2) is 38.0 Å². The maximum absolute atomic E-state index is 12.2. The molecule has 1 amide bonds. The Hall–Kier alpha value is -3.06. The van der Waals surface area contributed by atoms with Gasteiger partial charge >= 0.3 is 5.97 Å². The molecule has 0 aliphatic heterocycles. The second-order valence-electron chi connectivity index (χ2n) is 5.44. The molecule has 7 nitrogen and oxygen atoms in total. The van der Waals surface area contributed by atoms with E-state index in [9.17, 15) is 14.4 Å². The molecule has 27 heavy (non-hydrogen) atoms. The molecule has 1 N–H and O–H groups in total. The summed E-state index contributed by atoms with van der Waals surface area (Å²) in [6.07, 6.45) is -0.352. The summed E-state index contributed by atoms with van der Waals surface area (Å²) in [7, 11) is 1.46. The van der Waals surface area contributed by atoms with Gasteiger partial charge in [-0.1, -0.05) is 11.6 Å². The molecule has 8 heteroatoms. The Kier molecular flexibility index (Phi) is 7.19. The Morgan fingerprint density at radius 3 is 2.52 bits per heavy atom. The quantitative estimate of drug-likeness (QED) is 0.549. The number of hydrogen-bond acceptors (Lipinski definition) is 6. The first kappa shape index (κ1) is 20.3. The van der Waals surface area contributed by atoms with Crippen LogP contribution in [0.4, 0.5) is 5.69 Å². The van der Waals surface area contributed by atoms with Crippen molar-refractivity contribution in [3.63, 3.8) is 0 Å². The molecule has 2 aromatic rings. The second-order valence-corrected chi connectivity index (χ2v) is 5.88. The van der Waals surface area contributed by atoms with Crippen molar-refractivity contribution in [2.45, 2.75) is 13.0 Å². The fourth-order valence-electron chi connectivity index (χ4n) is 2.08. The molecule has 142 valence electrons. The van der Waals surface area contributed by atoms with Crippen LogP contribution < -0.4 is 14.8 Å². The minimum atomic E-state index is -1.05. The summed E-state index contributed by atoms with van der Waals surface area (Å²) in [5, 5.41) is 3.02. The molecule has 0 aliphatic carbocycles. The second kappa shape index (κ2) is 9.59. The number of anilines is 1. The van der Waals surface area contributed by atoms with Crippen LogP contribution in [0.25, 0.3) is 0 Å². The molecule has 0 unspecified atom stereocenters. The Bertz CT molecular complexity index is 821. The van der Waals surface area contributed by atoms with E-state index in [1.54, 1.807) is 36.4 Å². The number of hydrogen-bond donors (Lipinski definition) is 1. The fraction of sp³-hybridized carbons (Fsp3) is 0.211. The van der Waals surface area contributed by atoms with E-state index in [-0.39, 0.29) is 6.61 Å². The molecule has 0 radical (unpaired) electrons. The van der Waals surface area contributed by atoms with E-state index in [4.69, 9.17) is 25.8 Å². The molecule has 0 fully saturated rings. The first-order valence-electron chi connectivity index (χ1n) is 7.95. The van der Waals surface area contributed by atoms with Gasteiger partial charge in [-0.15, -0.1) is 0 Å². The number of nitrogens with one attached hydrogen (secondary N) is 1. The zero-order chi connectivity index (χ0) is 19.8. The first-order chi connectivity index (χ1) is 12.9. The Labute approximate surface area is 161 Å². The van der Waals surface area contributed by atoms with Crippen LogP contribution in [0.5, 0.6) is 11.5 Å². The van der Waals surface area contributed by atoms with E-state index in [0.29, 0.717) is 34.1 Å². The molecular formula is C19H18ClNO6. The van der Waals surface area contributed by atoms with Gasteiger partial charge in [0, 0.05) is 10.6 Å². The number of aldehydes is 1. The summed E-state index contributed by atoms with van der Waals surface area (Å²) in [5.74, 6) is -0.430. The van der Waals surface area contributed by atoms with E-state index < -0.39 is 18.0 Å². The molecule has 0 heterocycles. The van der Waals surface area contributed by atoms with E-state index in [1.807, 2.05) is 0 Å². The lowest BCUT2D eigenvalue weighted by Gasteiger charge is -2.15. The van der Waals surface area contributed by atoms with Crippen molar-refractivity contribution in [3.8, 4) is 11.5 Å². The van der Waals surface area contributed by atoms with E-state index in [0.717, 1.165) is 0 Å². The molecule has 0 aliphatic rings. The SMILES string of the molecule is COc1ccc(Cl)cc1NC(=O)[C@H](C)OC(=O)COc1ccc(C=O)cc1. The lowest BCUT2D eigenvalue weighted by molar-refractivity contribution is -0.155. The monoisotopic (exact) mass is 391 g/mol. The molecule has 2 rings (SSSR count). The number of halogens is 1. The minimum absolute atomic E-state index is 0.365. The van der Waals surface area contributed by atoms with Gasteiger partial charge in [0.15, 0.2) is 12.7 Å². The zero-order valence-electron chi connectivity index (χ0n) is 14.7. The number of ether oxygens (including phenoxy) is 3. The van der Waals surface area contributed by atoms with Crippen LogP contribution in [0.3, 0.4) is 0 Å². The van der Waals surface area contributed by atoms with Crippen molar-refractivity contribution in [1.29, 1.82) is 0 Å². The van der Waals surface area contributed by atoms with Crippen LogP contribution in [-0.2, 0) is 14.3 Å². The van der Waals surface area contributed by atoms with Crippen LogP contribution in [0, 0.1) is 0 Å². The molecule has 0 spiro atoms. The van der Waals surface area contributed by atoms with E-state index >= 15 is 0 Å². The van der Waals surface area contributed by atoms with E-state index in [2.05, 4.69) is 5.32 Å². The molecule has 0 saturated carbocycles. The van der Waals surface area contributed by atoms with Gasteiger partial charge < -0.3 is 19.5 Å². The maximum Gasteiger partial charge on any atom is 0.344 e. The van der Waals surface area contributed by atoms with Crippen molar-refractivity contribution in [2.75, 3.05) is 19.0 Å². The largest absolute Gasteiger partial charge is 0.495 e. The predicted molar refractivity (Wildman–Crippen MR) is 99.5 cm³/mol. The highest BCUT2D eigenvalue weighted by Gasteiger charge is 2.19. The lowest BCUT2D eigenvalue weighted by atomic mass is 10.2. The summed E-state index contributed by atoms with van der Waals surface area (Å²) in [6, 6.07) is 11.0. The highest BCUT2D eigenvalue weighted by atomic mass is 35.5. The fourth-order valence-corrected chi connectivity index (χ4v) is 2.25. The number of carbonyl (C=O) groups is 3. The number of methoxy groups -OCH3 is 1. The van der Waals surface area contributed by atoms with Crippen molar-refractivity contribution in [2.24, 2.45) is 0 Å². The molecule has 0 saturated heterocycles. The average Bonchev–Trinajstić information content (AvgIpc) is 2.67. The summed E-state index contributed by atoms with van der Waals surface area (Å²) < 4.78 is 15.5. The zero-order valence-corrected chi connectivity index (χ0v) is 15.5. The van der Waals surface area contributed by atoms with Gasteiger partial charge in [-0.25, -0.2) is 4.79 Å². The third-order valence-corrected chi connectivity index (χ3v) is 3.70. The smallest absolute Gasteiger partial charge is 0.344 e. The van der Waals surface area contributed by atoms with Gasteiger partial charge in [-0.3, -0.25) is 9.59 Å². The van der Waals surface area contributed by atoms with Gasteiger partial charge in [0.05, 0.1) is 12.8 Å². The van der Waals surface area contributed by atoms with Crippen LogP contribution in [0.1, 0.15) is 17.3 Å². The summed E-state index contributed by atoms with van der Waals surface area (Å²) >= 11 is 5.91. The van der Waals surface area contributed by atoms with Gasteiger partial charge in [0.1, 0.15) is 17.8 Å². The Morgan fingerprint density at radius 2 is 1.89 bits per heavy atom. The third-order valence-electron chi connectivity index (χ3n) is 3.47. The highest BCUT2D eigenvalue weighted by Crippen LogP contribution is 2.27. The van der Waals surface area contributed by atoms with Crippen molar-refractivity contribution >= 4 is 35.5 Å². The molecule has 0 bridgehead atoms.